The van der Waals surface area contributed by atoms with Crippen molar-refractivity contribution in [3.05, 3.63) is 65.2 Å². The molecule has 1 aliphatic rings. The highest BCUT2D eigenvalue weighted by atomic mass is 127. The van der Waals surface area contributed by atoms with Gasteiger partial charge in [0.1, 0.15) is 5.75 Å². The van der Waals surface area contributed by atoms with Crippen molar-refractivity contribution < 1.29 is 14.3 Å². The van der Waals surface area contributed by atoms with E-state index in [2.05, 4.69) is 33.1 Å². The zero-order valence-corrected chi connectivity index (χ0v) is 21.4. The fraction of sp³-hybridized carbons (Fsp3) is 0.375. The van der Waals surface area contributed by atoms with Crippen LogP contribution in [0.3, 0.4) is 0 Å². The van der Waals surface area contributed by atoms with Crippen LogP contribution in [0.2, 0.25) is 0 Å². The Bertz CT molecular complexity index is 932. The Morgan fingerprint density at radius 2 is 1.79 bits per heavy atom. The van der Waals surface area contributed by atoms with E-state index in [1.54, 1.807) is 24.1 Å². The molecular weight excluding hydrogens is 533 g/mol. The second kappa shape index (κ2) is 13.7. The number of guanidine groups is 1. The van der Waals surface area contributed by atoms with E-state index < -0.39 is 0 Å². The highest BCUT2D eigenvalue weighted by Gasteiger charge is 2.22. The van der Waals surface area contributed by atoms with Gasteiger partial charge in [0.2, 0.25) is 5.91 Å². The lowest BCUT2D eigenvalue weighted by Crippen LogP contribution is -2.49. The molecule has 9 heteroatoms. The van der Waals surface area contributed by atoms with Crippen molar-refractivity contribution in [2.45, 2.75) is 19.9 Å². The number of hydrogen-bond donors (Lipinski definition) is 3. The van der Waals surface area contributed by atoms with Crippen LogP contribution in [-0.2, 0) is 17.8 Å². The molecule has 1 aliphatic heterocycles. The number of amides is 2. The molecule has 0 atom stereocenters. The smallest absolute Gasteiger partial charge is 0.254 e. The minimum Gasteiger partial charge on any atom is -0.497 e. The van der Waals surface area contributed by atoms with Crippen LogP contribution in [-0.4, -0.2) is 62.5 Å². The number of carbonyl (C=O) groups excluding carboxylic acids is 2. The summed E-state index contributed by atoms with van der Waals surface area (Å²) in [6.45, 7) is 5.20. The number of carbonyl (C=O) groups is 2. The predicted molar refractivity (Wildman–Crippen MR) is 140 cm³/mol. The fourth-order valence-electron chi connectivity index (χ4n) is 3.38. The number of nitrogens with one attached hydrogen (secondary N) is 3. The topological polar surface area (TPSA) is 95.1 Å². The SMILES string of the molecule is CCNC(=NCc1ccc(C(=O)N2CCNC(=O)C2)cc1)NCCc1ccc(OC)cc1.I. The molecule has 2 aromatic carbocycles. The van der Waals surface area contributed by atoms with Crippen LogP contribution in [0.25, 0.3) is 0 Å². The van der Waals surface area contributed by atoms with Gasteiger partial charge in [-0.3, -0.25) is 9.59 Å². The Morgan fingerprint density at radius 3 is 2.42 bits per heavy atom. The Hall–Kier alpha value is -2.82. The highest BCUT2D eigenvalue weighted by molar-refractivity contribution is 14.0. The van der Waals surface area contributed by atoms with E-state index >= 15 is 0 Å². The molecule has 1 saturated heterocycles. The summed E-state index contributed by atoms with van der Waals surface area (Å²) >= 11 is 0. The van der Waals surface area contributed by atoms with Gasteiger partial charge in [-0.2, -0.15) is 0 Å². The predicted octanol–water partition coefficient (Wildman–Crippen LogP) is 2.18. The summed E-state index contributed by atoms with van der Waals surface area (Å²) < 4.78 is 5.19. The van der Waals surface area contributed by atoms with Crippen LogP contribution in [0.15, 0.2) is 53.5 Å². The first-order valence-corrected chi connectivity index (χ1v) is 10.9. The van der Waals surface area contributed by atoms with E-state index in [0.717, 1.165) is 36.8 Å². The van der Waals surface area contributed by atoms with Gasteiger partial charge in [-0.05, 0) is 48.7 Å². The summed E-state index contributed by atoms with van der Waals surface area (Å²) in [5.74, 6) is 1.36. The maximum Gasteiger partial charge on any atom is 0.254 e. The number of ether oxygens (including phenoxy) is 1. The number of hydrogen-bond acceptors (Lipinski definition) is 4. The first-order valence-electron chi connectivity index (χ1n) is 10.9. The third-order valence-electron chi connectivity index (χ3n) is 5.16. The van der Waals surface area contributed by atoms with Crippen LogP contribution in [0.4, 0.5) is 0 Å². The molecular formula is C24H32IN5O3. The zero-order valence-electron chi connectivity index (χ0n) is 19.1. The molecule has 0 aliphatic carbocycles. The number of halogens is 1. The fourth-order valence-corrected chi connectivity index (χ4v) is 3.38. The van der Waals surface area contributed by atoms with Crippen LogP contribution < -0.4 is 20.7 Å². The minimum absolute atomic E-state index is 0. The molecule has 2 aromatic rings. The monoisotopic (exact) mass is 565 g/mol. The van der Waals surface area contributed by atoms with Gasteiger partial charge in [0.25, 0.3) is 5.91 Å². The average Bonchev–Trinajstić information content (AvgIpc) is 2.83. The molecule has 0 saturated carbocycles. The first-order chi connectivity index (χ1) is 15.6. The lowest BCUT2D eigenvalue weighted by atomic mass is 10.1. The number of piperazine rings is 1. The van der Waals surface area contributed by atoms with Gasteiger partial charge >= 0.3 is 0 Å². The quantitative estimate of drug-likeness (QED) is 0.259. The van der Waals surface area contributed by atoms with Gasteiger partial charge in [-0.1, -0.05) is 24.3 Å². The van der Waals surface area contributed by atoms with Gasteiger partial charge in [0, 0.05) is 31.7 Å². The number of aliphatic imine (C=N–C) groups is 1. The van der Waals surface area contributed by atoms with Gasteiger partial charge in [-0.25, -0.2) is 4.99 Å². The molecule has 0 unspecified atom stereocenters. The molecule has 0 bridgehead atoms. The standard InChI is InChI=1S/C24H31N5O3.HI/c1-3-25-24(27-13-12-18-6-10-21(32-2)11-7-18)28-16-19-4-8-20(9-5-19)23(31)29-15-14-26-22(30)17-29;/h4-11H,3,12-17H2,1-2H3,(H,26,30)(H2,25,27,28);1H. The highest BCUT2D eigenvalue weighted by Crippen LogP contribution is 2.12. The molecule has 3 N–H and O–H groups in total. The summed E-state index contributed by atoms with van der Waals surface area (Å²) in [6.07, 6.45) is 0.875. The van der Waals surface area contributed by atoms with Gasteiger partial charge in [0.15, 0.2) is 5.96 Å². The van der Waals surface area contributed by atoms with E-state index in [0.29, 0.717) is 25.2 Å². The van der Waals surface area contributed by atoms with Gasteiger partial charge in [0.05, 0.1) is 20.2 Å². The van der Waals surface area contributed by atoms with E-state index in [1.165, 1.54) is 5.56 Å². The second-order valence-electron chi connectivity index (χ2n) is 7.49. The van der Waals surface area contributed by atoms with Gasteiger partial charge in [-0.15, -0.1) is 24.0 Å². The Morgan fingerprint density at radius 1 is 1.09 bits per heavy atom. The molecule has 8 nitrogen and oxygen atoms in total. The molecule has 1 heterocycles. The molecule has 0 aromatic heterocycles. The first kappa shape index (κ1) is 26.4. The third-order valence-corrected chi connectivity index (χ3v) is 5.16. The van der Waals surface area contributed by atoms with Crippen molar-refractivity contribution >= 4 is 41.8 Å². The van der Waals surface area contributed by atoms with Crippen LogP contribution in [0.1, 0.15) is 28.4 Å². The average molecular weight is 565 g/mol. The molecule has 1 fully saturated rings. The molecule has 0 spiro atoms. The summed E-state index contributed by atoms with van der Waals surface area (Å²) in [5.41, 5.74) is 2.81. The summed E-state index contributed by atoms with van der Waals surface area (Å²) in [7, 11) is 1.66. The molecule has 2 amide bonds. The van der Waals surface area contributed by atoms with Crippen molar-refractivity contribution in [2.75, 3.05) is 39.8 Å². The Labute approximate surface area is 212 Å². The number of methoxy groups -OCH3 is 1. The van der Waals surface area contributed by atoms with Crippen molar-refractivity contribution in [1.82, 2.24) is 20.9 Å². The maximum atomic E-state index is 12.6. The molecule has 0 radical (unpaired) electrons. The van der Waals surface area contributed by atoms with E-state index in [1.807, 2.05) is 31.2 Å². The summed E-state index contributed by atoms with van der Waals surface area (Å²) in [4.78, 5) is 30.3. The van der Waals surface area contributed by atoms with Crippen molar-refractivity contribution in [3.8, 4) is 5.75 Å². The lowest BCUT2D eigenvalue weighted by molar-refractivity contribution is -0.123. The minimum atomic E-state index is -0.122. The largest absolute Gasteiger partial charge is 0.497 e. The zero-order chi connectivity index (χ0) is 22.8. The number of benzene rings is 2. The van der Waals surface area contributed by atoms with E-state index in [4.69, 9.17) is 4.74 Å². The number of rotatable bonds is 8. The normalized spacial score (nSPS) is 13.6. The molecule has 33 heavy (non-hydrogen) atoms. The van der Waals surface area contributed by atoms with E-state index in [9.17, 15) is 9.59 Å². The summed E-state index contributed by atoms with van der Waals surface area (Å²) in [5, 5.41) is 9.34. The van der Waals surface area contributed by atoms with Crippen LogP contribution in [0, 0.1) is 0 Å². The van der Waals surface area contributed by atoms with Crippen molar-refractivity contribution in [3.63, 3.8) is 0 Å². The second-order valence-corrected chi connectivity index (χ2v) is 7.49. The molecule has 178 valence electrons. The van der Waals surface area contributed by atoms with Crippen LogP contribution in [0.5, 0.6) is 5.75 Å². The van der Waals surface area contributed by atoms with Crippen LogP contribution >= 0.6 is 24.0 Å². The Kier molecular flexibility index (Phi) is 10.9. The van der Waals surface area contributed by atoms with Gasteiger partial charge < -0.3 is 25.6 Å². The Balaban J connectivity index is 0.00000385. The van der Waals surface area contributed by atoms with Crippen molar-refractivity contribution in [2.24, 2.45) is 4.99 Å². The lowest BCUT2D eigenvalue weighted by Gasteiger charge is -2.26. The van der Waals surface area contributed by atoms with E-state index in [-0.39, 0.29) is 42.3 Å². The number of nitrogens with zero attached hydrogens (tertiary/aromatic N) is 2. The summed E-state index contributed by atoms with van der Waals surface area (Å²) in [6, 6.07) is 15.4. The third kappa shape index (κ3) is 8.23. The molecule has 3 rings (SSSR count). The maximum absolute atomic E-state index is 12.6. The van der Waals surface area contributed by atoms with Crippen molar-refractivity contribution in [1.29, 1.82) is 0 Å².